The van der Waals surface area contributed by atoms with E-state index in [1.165, 1.54) is 30.5 Å². The summed E-state index contributed by atoms with van der Waals surface area (Å²) < 4.78 is 4.93. The largest absolute Gasteiger partial charge is 0.477 e. The molecule has 0 aromatic carbocycles. The maximum absolute atomic E-state index is 10.7. The summed E-state index contributed by atoms with van der Waals surface area (Å²) in [6.45, 7) is 0. The van der Waals surface area contributed by atoms with Gasteiger partial charge in [-0.3, -0.25) is 10.1 Å². The normalized spacial score (nSPS) is 10.7. The first-order valence-corrected chi connectivity index (χ1v) is 5.18. The van der Waals surface area contributed by atoms with Gasteiger partial charge in [-0.1, -0.05) is 6.08 Å². The summed E-state index contributed by atoms with van der Waals surface area (Å²) in [5.74, 6) is -1.16. The molecule has 0 aliphatic heterocycles. The number of furan rings is 1. The zero-order valence-electron chi connectivity index (χ0n) is 9.52. The van der Waals surface area contributed by atoms with Crippen molar-refractivity contribution in [3.63, 3.8) is 0 Å². The Morgan fingerprint density at radius 2 is 2.16 bits per heavy atom. The third-order valence-corrected chi connectivity index (χ3v) is 2.24. The van der Waals surface area contributed by atoms with E-state index in [0.29, 0.717) is 11.3 Å². The Labute approximate surface area is 107 Å². The van der Waals surface area contributed by atoms with Crippen LogP contribution in [0, 0.1) is 10.1 Å². The van der Waals surface area contributed by atoms with Gasteiger partial charge in [-0.2, -0.15) is 0 Å². The average molecular weight is 260 g/mol. The Bertz CT molecular complexity index is 660. The molecule has 2 rings (SSSR count). The van der Waals surface area contributed by atoms with Gasteiger partial charge in [-0.15, -0.1) is 0 Å². The lowest BCUT2D eigenvalue weighted by Gasteiger charge is -1.95. The highest BCUT2D eigenvalue weighted by Gasteiger charge is 2.09. The van der Waals surface area contributed by atoms with E-state index in [1.54, 1.807) is 12.1 Å². The van der Waals surface area contributed by atoms with E-state index in [-0.39, 0.29) is 11.6 Å². The van der Waals surface area contributed by atoms with Crippen molar-refractivity contribution in [2.75, 3.05) is 0 Å². The minimum absolute atomic E-state index is 0.0763. The zero-order valence-corrected chi connectivity index (χ0v) is 9.52. The summed E-state index contributed by atoms with van der Waals surface area (Å²) in [7, 11) is 0. The summed E-state index contributed by atoms with van der Waals surface area (Å²) in [5.41, 5.74) is 0.527. The maximum Gasteiger partial charge on any atom is 0.433 e. The number of carbonyl (C=O) groups is 1. The molecular formula is C12H8N2O5. The number of pyridine rings is 1. The standard InChI is InChI=1S/C12H8N2O5/c15-12(16)10-7-8(5-6-13-10)1-2-9-3-4-11(19-9)14(17)18/h1-7H,(H,15,16). The van der Waals surface area contributed by atoms with Crippen LogP contribution in [0.3, 0.4) is 0 Å². The Morgan fingerprint density at radius 3 is 2.79 bits per heavy atom. The Balaban J connectivity index is 2.19. The molecule has 0 aliphatic rings. The molecule has 7 heteroatoms. The Kier molecular flexibility index (Phi) is 3.37. The van der Waals surface area contributed by atoms with Gasteiger partial charge in [0.2, 0.25) is 0 Å². The number of hydrogen-bond acceptors (Lipinski definition) is 5. The first kappa shape index (κ1) is 12.5. The van der Waals surface area contributed by atoms with Crippen LogP contribution in [0.5, 0.6) is 0 Å². The lowest BCUT2D eigenvalue weighted by atomic mass is 10.2. The van der Waals surface area contributed by atoms with Crippen LogP contribution >= 0.6 is 0 Å². The van der Waals surface area contributed by atoms with Gasteiger partial charge in [-0.05, 0) is 29.8 Å². The molecule has 0 atom stereocenters. The van der Waals surface area contributed by atoms with Gasteiger partial charge in [0.15, 0.2) is 0 Å². The summed E-state index contributed by atoms with van der Waals surface area (Å²) in [6.07, 6.45) is 4.46. The van der Waals surface area contributed by atoms with E-state index in [9.17, 15) is 14.9 Å². The third kappa shape index (κ3) is 3.03. The number of rotatable bonds is 4. The molecule has 0 spiro atoms. The molecule has 0 bridgehead atoms. The van der Waals surface area contributed by atoms with Crippen molar-refractivity contribution in [1.29, 1.82) is 0 Å². The molecule has 2 heterocycles. The molecule has 0 saturated carbocycles. The number of aromatic nitrogens is 1. The maximum atomic E-state index is 10.7. The van der Waals surface area contributed by atoms with Crippen molar-refractivity contribution in [3.8, 4) is 0 Å². The van der Waals surface area contributed by atoms with Gasteiger partial charge in [-0.25, -0.2) is 9.78 Å². The van der Waals surface area contributed by atoms with Gasteiger partial charge in [0.25, 0.3) is 0 Å². The molecule has 96 valence electrons. The second-order valence-electron chi connectivity index (χ2n) is 3.55. The average Bonchev–Trinajstić information content (AvgIpc) is 2.85. The predicted octanol–water partition coefficient (Wildman–Crippen LogP) is 2.45. The Hall–Kier alpha value is -2.96. The molecule has 19 heavy (non-hydrogen) atoms. The van der Waals surface area contributed by atoms with Crippen molar-refractivity contribution < 1.29 is 19.2 Å². The topological polar surface area (TPSA) is 106 Å². The van der Waals surface area contributed by atoms with Crippen LogP contribution in [-0.2, 0) is 0 Å². The molecule has 0 amide bonds. The molecule has 0 fully saturated rings. The molecule has 0 saturated heterocycles. The lowest BCUT2D eigenvalue weighted by molar-refractivity contribution is -0.402. The zero-order chi connectivity index (χ0) is 13.8. The van der Waals surface area contributed by atoms with Crippen LogP contribution < -0.4 is 0 Å². The van der Waals surface area contributed by atoms with Crippen LogP contribution in [-0.4, -0.2) is 21.0 Å². The smallest absolute Gasteiger partial charge is 0.433 e. The van der Waals surface area contributed by atoms with Crippen LogP contribution in [0.15, 0.2) is 34.9 Å². The molecule has 0 unspecified atom stereocenters. The second-order valence-corrected chi connectivity index (χ2v) is 3.55. The van der Waals surface area contributed by atoms with E-state index in [1.807, 2.05) is 0 Å². The fourth-order valence-corrected chi connectivity index (χ4v) is 1.38. The predicted molar refractivity (Wildman–Crippen MR) is 65.5 cm³/mol. The monoisotopic (exact) mass is 260 g/mol. The summed E-state index contributed by atoms with van der Waals surface area (Å²) in [5, 5.41) is 19.2. The number of nitrogens with zero attached hydrogens (tertiary/aromatic N) is 2. The lowest BCUT2D eigenvalue weighted by Crippen LogP contribution is -1.99. The number of aromatic carboxylic acids is 1. The minimum atomic E-state index is -1.12. The van der Waals surface area contributed by atoms with Crippen molar-refractivity contribution in [3.05, 3.63) is 57.6 Å². The van der Waals surface area contributed by atoms with Gasteiger partial charge < -0.3 is 9.52 Å². The molecule has 2 aromatic rings. The van der Waals surface area contributed by atoms with Gasteiger partial charge >= 0.3 is 11.9 Å². The summed E-state index contributed by atoms with van der Waals surface area (Å²) in [4.78, 5) is 24.2. The fraction of sp³-hybridized carbons (Fsp3) is 0. The quantitative estimate of drug-likeness (QED) is 0.668. The van der Waals surface area contributed by atoms with Crippen LogP contribution in [0.2, 0.25) is 0 Å². The highest BCUT2D eigenvalue weighted by molar-refractivity contribution is 5.86. The highest BCUT2D eigenvalue weighted by atomic mass is 16.6. The first-order valence-electron chi connectivity index (χ1n) is 5.18. The van der Waals surface area contributed by atoms with E-state index in [0.717, 1.165) is 0 Å². The second kappa shape index (κ2) is 5.13. The minimum Gasteiger partial charge on any atom is -0.477 e. The van der Waals surface area contributed by atoms with Crippen LogP contribution in [0.4, 0.5) is 5.88 Å². The highest BCUT2D eigenvalue weighted by Crippen LogP contribution is 2.17. The summed E-state index contributed by atoms with van der Waals surface area (Å²) in [6, 6.07) is 5.69. The van der Waals surface area contributed by atoms with E-state index in [4.69, 9.17) is 9.52 Å². The van der Waals surface area contributed by atoms with E-state index >= 15 is 0 Å². The SMILES string of the molecule is O=C(O)c1cc(C=Cc2ccc([N+](=O)[O-])o2)ccn1. The van der Waals surface area contributed by atoms with Crippen molar-refractivity contribution in [2.24, 2.45) is 0 Å². The van der Waals surface area contributed by atoms with Gasteiger partial charge in [0, 0.05) is 6.20 Å². The van der Waals surface area contributed by atoms with Crippen molar-refractivity contribution >= 4 is 24.0 Å². The molecular weight excluding hydrogens is 252 g/mol. The fourth-order valence-electron chi connectivity index (χ4n) is 1.38. The van der Waals surface area contributed by atoms with E-state index in [2.05, 4.69) is 4.98 Å². The van der Waals surface area contributed by atoms with Crippen molar-refractivity contribution in [1.82, 2.24) is 4.98 Å². The number of carboxylic acids is 1. The van der Waals surface area contributed by atoms with Gasteiger partial charge in [0.1, 0.15) is 16.4 Å². The van der Waals surface area contributed by atoms with Crippen LogP contribution in [0.25, 0.3) is 12.2 Å². The molecule has 0 aliphatic carbocycles. The molecule has 1 N–H and O–H groups in total. The van der Waals surface area contributed by atoms with E-state index < -0.39 is 10.9 Å². The Morgan fingerprint density at radius 1 is 1.37 bits per heavy atom. The molecule has 7 nitrogen and oxygen atoms in total. The van der Waals surface area contributed by atoms with Crippen LogP contribution in [0.1, 0.15) is 21.8 Å². The van der Waals surface area contributed by atoms with Gasteiger partial charge in [0.05, 0.1) is 6.07 Å². The first-order chi connectivity index (χ1) is 9.06. The van der Waals surface area contributed by atoms with Crippen molar-refractivity contribution in [2.45, 2.75) is 0 Å². The number of nitro groups is 1. The summed E-state index contributed by atoms with van der Waals surface area (Å²) >= 11 is 0. The number of carboxylic acid groups (broad SMARTS) is 1. The number of hydrogen-bond donors (Lipinski definition) is 1. The third-order valence-electron chi connectivity index (χ3n) is 2.24. The molecule has 2 aromatic heterocycles. The molecule has 0 radical (unpaired) electrons.